The average molecular weight is 364 g/mol. The molecule has 0 aromatic heterocycles. The summed E-state index contributed by atoms with van der Waals surface area (Å²) in [5.41, 5.74) is 2.37. The molecule has 1 saturated heterocycles. The number of amides is 1. The van der Waals surface area contributed by atoms with Crippen LogP contribution in [-0.4, -0.2) is 79.3 Å². The molecule has 1 heterocycles. The number of carbonyl (C=O) groups excluding carboxylic acids is 1. The van der Waals surface area contributed by atoms with Crippen molar-refractivity contribution in [3.8, 4) is 5.75 Å². The van der Waals surface area contributed by atoms with Crippen LogP contribution in [0.2, 0.25) is 0 Å². The van der Waals surface area contributed by atoms with Crippen molar-refractivity contribution in [3.05, 3.63) is 29.3 Å². The molecule has 1 aliphatic heterocycles. The van der Waals surface area contributed by atoms with Gasteiger partial charge in [-0.1, -0.05) is 6.07 Å². The number of hydrogen-bond acceptors (Lipinski definition) is 5. The molecule has 7 heteroatoms. The van der Waals surface area contributed by atoms with Crippen LogP contribution in [0.25, 0.3) is 0 Å². The van der Waals surface area contributed by atoms with Crippen LogP contribution < -0.4 is 4.74 Å². The third kappa shape index (κ3) is 6.31. The number of carbonyl (C=O) groups is 2. The van der Waals surface area contributed by atoms with E-state index in [0.29, 0.717) is 39.3 Å². The molecule has 1 unspecified atom stereocenters. The summed E-state index contributed by atoms with van der Waals surface area (Å²) in [5.74, 6) is -0.0706. The summed E-state index contributed by atoms with van der Waals surface area (Å²) in [6.07, 6.45) is 0.141. The number of hydrogen-bond donors (Lipinski definition) is 1. The van der Waals surface area contributed by atoms with Crippen molar-refractivity contribution in [2.75, 3.05) is 46.4 Å². The quantitative estimate of drug-likeness (QED) is 0.749. The van der Waals surface area contributed by atoms with E-state index in [9.17, 15) is 9.59 Å². The molecule has 26 heavy (non-hydrogen) atoms. The molecule has 1 aromatic carbocycles. The maximum Gasteiger partial charge on any atom is 0.317 e. The van der Waals surface area contributed by atoms with Gasteiger partial charge in [-0.15, -0.1) is 0 Å². The molecule has 1 amide bonds. The first-order valence-corrected chi connectivity index (χ1v) is 8.85. The highest BCUT2D eigenvalue weighted by Crippen LogP contribution is 2.17. The lowest BCUT2D eigenvalue weighted by molar-refractivity contribution is -0.142. The number of rotatable bonds is 8. The topological polar surface area (TPSA) is 79.3 Å². The normalized spacial score (nSPS) is 17.4. The SMILES string of the molecule is Cc1ccc(OCCC(=O)N2CCOC(CN(C)CC(=O)O)C2)cc1C. The third-order valence-corrected chi connectivity index (χ3v) is 4.48. The maximum absolute atomic E-state index is 12.4. The van der Waals surface area contributed by atoms with Gasteiger partial charge >= 0.3 is 5.97 Å². The standard InChI is InChI=1S/C19H28N2O5/c1-14-4-5-16(10-15(14)2)25-8-6-18(22)21-7-9-26-17(12-21)11-20(3)13-19(23)24/h4-5,10,17H,6-9,11-13H2,1-3H3,(H,23,24). The van der Waals surface area contributed by atoms with Crippen LogP contribution >= 0.6 is 0 Å². The zero-order valence-electron chi connectivity index (χ0n) is 15.7. The van der Waals surface area contributed by atoms with E-state index in [4.69, 9.17) is 14.6 Å². The Labute approximate surface area is 154 Å². The molecular weight excluding hydrogens is 336 g/mol. The number of nitrogens with zero attached hydrogens (tertiary/aromatic N) is 2. The molecule has 7 nitrogen and oxygen atoms in total. The summed E-state index contributed by atoms with van der Waals surface area (Å²) in [6.45, 7) is 6.35. The lowest BCUT2D eigenvalue weighted by Crippen LogP contribution is -2.49. The molecular formula is C19H28N2O5. The van der Waals surface area contributed by atoms with Gasteiger partial charge in [-0.25, -0.2) is 0 Å². The van der Waals surface area contributed by atoms with Crippen molar-refractivity contribution in [2.45, 2.75) is 26.4 Å². The molecule has 144 valence electrons. The Bertz CT molecular complexity index is 634. The van der Waals surface area contributed by atoms with Gasteiger partial charge in [0.05, 0.1) is 32.3 Å². The third-order valence-electron chi connectivity index (χ3n) is 4.48. The highest BCUT2D eigenvalue weighted by atomic mass is 16.5. The molecule has 1 aromatic rings. The van der Waals surface area contributed by atoms with Crippen molar-refractivity contribution < 1.29 is 24.2 Å². The number of likely N-dealkylation sites (N-methyl/N-ethyl adjacent to an activating group) is 1. The zero-order valence-corrected chi connectivity index (χ0v) is 15.7. The van der Waals surface area contributed by atoms with Gasteiger partial charge in [0, 0.05) is 19.6 Å². The fourth-order valence-electron chi connectivity index (χ4n) is 2.92. The molecule has 1 aliphatic rings. The second-order valence-corrected chi connectivity index (χ2v) is 6.77. The van der Waals surface area contributed by atoms with Crippen LogP contribution in [0.5, 0.6) is 5.75 Å². The second-order valence-electron chi connectivity index (χ2n) is 6.77. The number of ether oxygens (including phenoxy) is 2. The van der Waals surface area contributed by atoms with Gasteiger partial charge in [-0.2, -0.15) is 0 Å². The van der Waals surface area contributed by atoms with E-state index in [1.807, 2.05) is 32.0 Å². The van der Waals surface area contributed by atoms with Crippen LogP contribution in [0.3, 0.4) is 0 Å². The molecule has 0 bridgehead atoms. The Morgan fingerprint density at radius 3 is 2.81 bits per heavy atom. The monoisotopic (exact) mass is 364 g/mol. The average Bonchev–Trinajstić information content (AvgIpc) is 2.57. The van der Waals surface area contributed by atoms with E-state index in [1.54, 1.807) is 16.8 Å². The van der Waals surface area contributed by atoms with Crippen molar-refractivity contribution in [1.29, 1.82) is 0 Å². The van der Waals surface area contributed by atoms with E-state index in [0.717, 1.165) is 11.3 Å². The van der Waals surface area contributed by atoms with E-state index in [-0.39, 0.29) is 18.6 Å². The molecule has 2 rings (SSSR count). The first-order valence-electron chi connectivity index (χ1n) is 8.85. The Morgan fingerprint density at radius 1 is 1.35 bits per heavy atom. The number of carboxylic acid groups (broad SMARTS) is 1. The zero-order chi connectivity index (χ0) is 19.1. The minimum atomic E-state index is -0.875. The summed E-state index contributed by atoms with van der Waals surface area (Å²) in [7, 11) is 1.73. The number of aryl methyl sites for hydroxylation is 2. The van der Waals surface area contributed by atoms with E-state index >= 15 is 0 Å². The largest absolute Gasteiger partial charge is 0.493 e. The fourth-order valence-corrected chi connectivity index (χ4v) is 2.92. The summed E-state index contributed by atoms with van der Waals surface area (Å²) in [5, 5.41) is 8.82. The Hall–Kier alpha value is -2.12. The van der Waals surface area contributed by atoms with Crippen molar-refractivity contribution in [3.63, 3.8) is 0 Å². The van der Waals surface area contributed by atoms with Crippen LogP contribution in [-0.2, 0) is 14.3 Å². The summed E-state index contributed by atoms with van der Waals surface area (Å²) < 4.78 is 11.3. The van der Waals surface area contributed by atoms with Gasteiger partial charge in [0.15, 0.2) is 0 Å². The molecule has 0 saturated carbocycles. The summed E-state index contributed by atoms with van der Waals surface area (Å²) >= 11 is 0. The van der Waals surface area contributed by atoms with Gasteiger partial charge in [-0.3, -0.25) is 14.5 Å². The van der Waals surface area contributed by atoms with Crippen molar-refractivity contribution >= 4 is 11.9 Å². The first-order chi connectivity index (χ1) is 12.3. The molecule has 1 N–H and O–H groups in total. The Kier molecular flexibility index (Phi) is 7.41. The van der Waals surface area contributed by atoms with Crippen LogP contribution in [0.1, 0.15) is 17.5 Å². The molecule has 0 spiro atoms. The van der Waals surface area contributed by atoms with Crippen LogP contribution in [0.15, 0.2) is 18.2 Å². The Balaban J connectivity index is 1.75. The van der Waals surface area contributed by atoms with Crippen molar-refractivity contribution in [1.82, 2.24) is 9.80 Å². The van der Waals surface area contributed by atoms with Crippen LogP contribution in [0, 0.1) is 13.8 Å². The van der Waals surface area contributed by atoms with Crippen molar-refractivity contribution in [2.24, 2.45) is 0 Å². The lowest BCUT2D eigenvalue weighted by Gasteiger charge is -2.34. The van der Waals surface area contributed by atoms with Gasteiger partial charge < -0.3 is 19.5 Å². The van der Waals surface area contributed by atoms with E-state index < -0.39 is 5.97 Å². The molecule has 0 aliphatic carbocycles. The maximum atomic E-state index is 12.4. The predicted molar refractivity (Wildman–Crippen MR) is 97.5 cm³/mol. The van der Waals surface area contributed by atoms with Gasteiger partial charge in [0.1, 0.15) is 5.75 Å². The second kappa shape index (κ2) is 9.54. The highest BCUT2D eigenvalue weighted by Gasteiger charge is 2.25. The molecule has 0 radical (unpaired) electrons. The summed E-state index contributed by atoms with van der Waals surface area (Å²) in [6, 6.07) is 5.89. The predicted octanol–water partition coefficient (Wildman–Crippen LogP) is 1.32. The molecule has 1 fully saturated rings. The lowest BCUT2D eigenvalue weighted by atomic mass is 10.1. The first kappa shape index (κ1) is 20.2. The van der Waals surface area contributed by atoms with E-state index in [2.05, 4.69) is 0 Å². The van der Waals surface area contributed by atoms with Gasteiger partial charge in [-0.05, 0) is 44.2 Å². The number of morpholine rings is 1. The minimum absolute atomic E-state index is 0.0306. The minimum Gasteiger partial charge on any atom is -0.493 e. The summed E-state index contributed by atoms with van der Waals surface area (Å²) in [4.78, 5) is 26.6. The smallest absolute Gasteiger partial charge is 0.317 e. The Morgan fingerprint density at radius 2 is 2.12 bits per heavy atom. The van der Waals surface area contributed by atoms with Crippen LogP contribution in [0.4, 0.5) is 0 Å². The highest BCUT2D eigenvalue weighted by molar-refractivity contribution is 5.76. The molecule has 1 atom stereocenters. The van der Waals surface area contributed by atoms with Gasteiger partial charge in [0.25, 0.3) is 0 Å². The number of benzene rings is 1. The fraction of sp³-hybridized carbons (Fsp3) is 0.579. The number of carboxylic acids is 1. The number of aliphatic carboxylic acids is 1. The van der Waals surface area contributed by atoms with Gasteiger partial charge in [0.2, 0.25) is 5.91 Å². The van der Waals surface area contributed by atoms with E-state index in [1.165, 1.54) is 5.56 Å².